The highest BCUT2D eigenvalue weighted by molar-refractivity contribution is 7.15. The van der Waals surface area contributed by atoms with E-state index in [1.165, 1.54) is 29.7 Å². The summed E-state index contributed by atoms with van der Waals surface area (Å²) in [6, 6.07) is 8.24. The highest BCUT2D eigenvalue weighted by atomic mass is 32.1. The highest BCUT2D eigenvalue weighted by Gasteiger charge is 2.12. The summed E-state index contributed by atoms with van der Waals surface area (Å²) in [5, 5.41) is 15.4. The van der Waals surface area contributed by atoms with E-state index >= 15 is 0 Å². The van der Waals surface area contributed by atoms with Crippen molar-refractivity contribution >= 4 is 33.7 Å². The van der Waals surface area contributed by atoms with Gasteiger partial charge in [-0.15, -0.1) is 21.5 Å². The van der Waals surface area contributed by atoms with Crippen LogP contribution in [0.1, 0.15) is 42.5 Å². The Kier molecular flexibility index (Phi) is 6.46. The van der Waals surface area contributed by atoms with Gasteiger partial charge in [-0.1, -0.05) is 60.9 Å². The minimum atomic E-state index is -0.109. The zero-order valence-corrected chi connectivity index (χ0v) is 16.6. The molecule has 0 aliphatic carbocycles. The molecule has 0 saturated carbocycles. The first-order valence-electron chi connectivity index (χ1n) is 8.77. The number of anilines is 1. The smallest absolute Gasteiger partial charge is 0.232 e. The number of carbonyl (C=O) groups is 1. The van der Waals surface area contributed by atoms with Gasteiger partial charge in [0.1, 0.15) is 10.0 Å². The molecule has 3 rings (SSSR count). The first kappa shape index (κ1) is 18.7. The molecule has 0 radical (unpaired) electrons. The molecule has 0 unspecified atom stereocenters. The van der Waals surface area contributed by atoms with E-state index in [0.717, 1.165) is 34.1 Å². The fraction of sp³-hybridized carbons (Fsp3) is 0.368. The maximum atomic E-state index is 12.2. The normalized spacial score (nSPS) is 10.8. The lowest BCUT2D eigenvalue weighted by Crippen LogP contribution is -2.14. The molecule has 136 valence electrons. The van der Waals surface area contributed by atoms with Crippen LogP contribution in [0.4, 0.5) is 5.13 Å². The Labute approximate surface area is 161 Å². The fourth-order valence-corrected chi connectivity index (χ4v) is 4.10. The number of benzene rings is 1. The second-order valence-electron chi connectivity index (χ2n) is 6.19. The molecule has 1 aromatic carbocycles. The average molecular weight is 387 g/mol. The largest absolute Gasteiger partial charge is 0.300 e. The van der Waals surface area contributed by atoms with Crippen LogP contribution in [0, 0.1) is 6.92 Å². The van der Waals surface area contributed by atoms with E-state index in [9.17, 15) is 4.79 Å². The van der Waals surface area contributed by atoms with E-state index in [1.807, 2.05) is 5.38 Å². The number of amides is 1. The zero-order valence-electron chi connectivity index (χ0n) is 15.0. The Morgan fingerprint density at radius 3 is 2.73 bits per heavy atom. The van der Waals surface area contributed by atoms with Crippen molar-refractivity contribution in [3.8, 4) is 10.6 Å². The summed E-state index contributed by atoms with van der Waals surface area (Å²) in [5.74, 6) is -0.109. The number of nitrogens with one attached hydrogen (secondary N) is 1. The van der Waals surface area contributed by atoms with Gasteiger partial charge in [0.25, 0.3) is 0 Å². The maximum Gasteiger partial charge on any atom is 0.232 e. The van der Waals surface area contributed by atoms with Crippen LogP contribution in [0.2, 0.25) is 0 Å². The molecule has 2 aromatic heterocycles. The Hall–Kier alpha value is -2.12. The summed E-state index contributed by atoms with van der Waals surface area (Å²) in [4.78, 5) is 16.8. The van der Waals surface area contributed by atoms with Crippen molar-refractivity contribution in [1.29, 1.82) is 0 Å². The second-order valence-corrected chi connectivity index (χ2v) is 8.11. The van der Waals surface area contributed by atoms with E-state index in [2.05, 4.69) is 58.6 Å². The van der Waals surface area contributed by atoms with Gasteiger partial charge >= 0.3 is 0 Å². The molecule has 0 spiro atoms. The van der Waals surface area contributed by atoms with Crippen molar-refractivity contribution < 1.29 is 4.79 Å². The van der Waals surface area contributed by atoms with E-state index in [4.69, 9.17) is 0 Å². The second kappa shape index (κ2) is 9.00. The van der Waals surface area contributed by atoms with Gasteiger partial charge in [-0.2, -0.15) is 0 Å². The number of nitrogens with zero attached hydrogens (tertiary/aromatic N) is 3. The van der Waals surface area contributed by atoms with Crippen LogP contribution >= 0.6 is 22.7 Å². The predicted octanol–water partition coefficient (Wildman–Crippen LogP) is 4.88. The van der Waals surface area contributed by atoms with Crippen molar-refractivity contribution in [2.24, 2.45) is 0 Å². The van der Waals surface area contributed by atoms with Crippen molar-refractivity contribution in [1.82, 2.24) is 15.2 Å². The Balaban J connectivity index is 1.54. The van der Waals surface area contributed by atoms with Crippen LogP contribution in [0.3, 0.4) is 0 Å². The topological polar surface area (TPSA) is 67.8 Å². The Morgan fingerprint density at radius 1 is 1.15 bits per heavy atom. The number of thiazole rings is 1. The molecule has 7 heteroatoms. The maximum absolute atomic E-state index is 12.2. The lowest BCUT2D eigenvalue weighted by molar-refractivity contribution is -0.115. The number of hydrogen-bond acceptors (Lipinski definition) is 6. The number of rotatable bonds is 8. The third-order valence-corrected chi connectivity index (χ3v) is 5.74. The van der Waals surface area contributed by atoms with Gasteiger partial charge < -0.3 is 5.32 Å². The Bertz CT molecular complexity index is 855. The van der Waals surface area contributed by atoms with Crippen LogP contribution in [-0.4, -0.2) is 21.1 Å². The van der Waals surface area contributed by atoms with Crippen LogP contribution in [0.15, 0.2) is 29.6 Å². The van der Waals surface area contributed by atoms with Crippen LogP contribution < -0.4 is 5.32 Å². The van der Waals surface area contributed by atoms with E-state index in [0.29, 0.717) is 5.13 Å². The first-order chi connectivity index (χ1) is 12.6. The third kappa shape index (κ3) is 5.19. The third-order valence-electron chi connectivity index (χ3n) is 3.90. The van der Waals surface area contributed by atoms with Crippen LogP contribution in [0.25, 0.3) is 10.6 Å². The molecule has 0 fully saturated rings. The first-order valence-corrected chi connectivity index (χ1v) is 10.5. The summed E-state index contributed by atoms with van der Waals surface area (Å²) >= 11 is 3.01. The van der Waals surface area contributed by atoms with E-state index < -0.39 is 0 Å². The summed E-state index contributed by atoms with van der Waals surface area (Å²) < 4.78 is 0. The highest BCUT2D eigenvalue weighted by Crippen LogP contribution is 2.24. The van der Waals surface area contributed by atoms with E-state index in [-0.39, 0.29) is 12.3 Å². The number of aromatic nitrogens is 3. The molecule has 0 atom stereocenters. The number of unbranched alkanes of at least 4 members (excludes halogenated alkanes) is 2. The Morgan fingerprint density at radius 2 is 1.96 bits per heavy atom. The predicted molar refractivity (Wildman–Crippen MR) is 108 cm³/mol. The van der Waals surface area contributed by atoms with Crippen molar-refractivity contribution in [2.75, 3.05) is 5.32 Å². The molecular weight excluding hydrogens is 364 g/mol. The number of hydrogen-bond donors (Lipinski definition) is 1. The molecule has 1 N–H and O–H groups in total. The monoisotopic (exact) mass is 386 g/mol. The SMILES string of the molecule is CCCCCc1nnc(NC(=O)Cc2csc(-c3ccc(C)cc3)n2)s1. The molecule has 0 aliphatic rings. The van der Waals surface area contributed by atoms with Crippen LogP contribution in [-0.2, 0) is 17.6 Å². The van der Waals surface area contributed by atoms with Gasteiger partial charge in [0.05, 0.1) is 12.1 Å². The van der Waals surface area contributed by atoms with Gasteiger partial charge in [-0.05, 0) is 13.3 Å². The van der Waals surface area contributed by atoms with Gasteiger partial charge in [0.15, 0.2) is 0 Å². The quantitative estimate of drug-likeness (QED) is 0.560. The lowest BCUT2D eigenvalue weighted by atomic mass is 10.2. The zero-order chi connectivity index (χ0) is 18.4. The number of carbonyl (C=O) groups excluding carboxylic acids is 1. The average Bonchev–Trinajstić information content (AvgIpc) is 3.25. The molecule has 26 heavy (non-hydrogen) atoms. The molecule has 0 bridgehead atoms. The van der Waals surface area contributed by atoms with Gasteiger partial charge in [0.2, 0.25) is 11.0 Å². The van der Waals surface area contributed by atoms with Crippen molar-refractivity contribution in [3.05, 3.63) is 45.9 Å². The van der Waals surface area contributed by atoms with Crippen molar-refractivity contribution in [3.63, 3.8) is 0 Å². The van der Waals surface area contributed by atoms with Gasteiger partial charge in [-0.3, -0.25) is 4.79 Å². The minimum Gasteiger partial charge on any atom is -0.300 e. The van der Waals surface area contributed by atoms with Crippen LogP contribution in [0.5, 0.6) is 0 Å². The van der Waals surface area contributed by atoms with Crippen molar-refractivity contribution in [2.45, 2.75) is 46.0 Å². The van der Waals surface area contributed by atoms with Gasteiger partial charge in [0, 0.05) is 17.4 Å². The molecule has 5 nitrogen and oxygen atoms in total. The fourth-order valence-electron chi connectivity index (χ4n) is 2.48. The minimum absolute atomic E-state index is 0.109. The molecule has 0 saturated heterocycles. The molecule has 0 aliphatic heterocycles. The number of aryl methyl sites for hydroxylation is 2. The van der Waals surface area contributed by atoms with E-state index in [1.54, 1.807) is 11.3 Å². The molecule has 2 heterocycles. The molecular formula is C19H22N4OS2. The summed E-state index contributed by atoms with van der Waals surface area (Å²) in [5.41, 5.74) is 3.07. The summed E-state index contributed by atoms with van der Waals surface area (Å²) in [7, 11) is 0. The van der Waals surface area contributed by atoms with Gasteiger partial charge in [-0.25, -0.2) is 4.98 Å². The lowest BCUT2D eigenvalue weighted by Gasteiger charge is -1.99. The molecule has 3 aromatic rings. The standard InChI is InChI=1S/C19H22N4OS2/c1-3-4-5-6-17-22-23-19(26-17)21-16(24)11-15-12-25-18(20-15)14-9-7-13(2)8-10-14/h7-10,12H,3-6,11H2,1-2H3,(H,21,23,24). The summed E-state index contributed by atoms with van der Waals surface area (Å²) in [6.07, 6.45) is 4.65. The summed E-state index contributed by atoms with van der Waals surface area (Å²) in [6.45, 7) is 4.23. The molecule has 1 amide bonds.